The second-order valence-electron chi connectivity index (χ2n) is 5.96. The van der Waals surface area contributed by atoms with Crippen molar-refractivity contribution >= 4 is 57.2 Å². The molecule has 27 heavy (non-hydrogen) atoms. The van der Waals surface area contributed by atoms with E-state index in [1.165, 1.54) is 23.1 Å². The summed E-state index contributed by atoms with van der Waals surface area (Å²) < 4.78 is 2.78. The van der Waals surface area contributed by atoms with Crippen LogP contribution in [0.15, 0.2) is 63.4 Å². The molecule has 2 aromatic heterocycles. The average Bonchev–Trinajstić information content (AvgIpc) is 3.26. The number of nitrogens with zero attached hydrogens (tertiary/aromatic N) is 3. The first-order valence-corrected chi connectivity index (χ1v) is 10.3. The van der Waals surface area contributed by atoms with Crippen LogP contribution in [-0.2, 0) is 11.3 Å². The number of halogens is 1. The molecule has 0 radical (unpaired) electrons. The van der Waals surface area contributed by atoms with E-state index in [0.717, 1.165) is 25.7 Å². The molecular formula is C19H15ClN4OS2. The van der Waals surface area contributed by atoms with Crippen LogP contribution in [0.1, 0.15) is 5.56 Å². The molecule has 0 atom stereocenters. The average molecular weight is 415 g/mol. The highest BCUT2D eigenvalue weighted by Crippen LogP contribution is 2.35. The maximum Gasteiger partial charge on any atom is 0.244 e. The van der Waals surface area contributed by atoms with Crippen LogP contribution in [0.5, 0.6) is 0 Å². The van der Waals surface area contributed by atoms with Gasteiger partial charge in [0, 0.05) is 27.7 Å². The third kappa shape index (κ3) is 4.00. The smallest absolute Gasteiger partial charge is 0.244 e. The first kappa shape index (κ1) is 18.0. The van der Waals surface area contributed by atoms with Crippen LogP contribution in [0.25, 0.3) is 10.9 Å². The van der Waals surface area contributed by atoms with Crippen molar-refractivity contribution in [3.05, 3.63) is 64.8 Å². The largest absolute Gasteiger partial charge is 0.338 e. The fourth-order valence-corrected chi connectivity index (χ4v) is 4.61. The maximum atomic E-state index is 12.5. The van der Waals surface area contributed by atoms with Gasteiger partial charge in [-0.05, 0) is 36.8 Å². The summed E-state index contributed by atoms with van der Waals surface area (Å²) in [5, 5.41) is 12.4. The van der Waals surface area contributed by atoms with Crippen molar-refractivity contribution in [3.8, 4) is 0 Å². The van der Waals surface area contributed by atoms with Gasteiger partial charge in [0.1, 0.15) is 12.1 Å². The normalized spacial score (nSPS) is 11.0. The lowest BCUT2D eigenvalue weighted by Crippen LogP contribution is -2.18. The molecule has 0 aliphatic rings. The molecule has 136 valence electrons. The number of para-hydroxylation sites is 1. The molecule has 0 aliphatic carbocycles. The number of hydrogen-bond donors (Lipinski definition) is 1. The number of nitrogens with one attached hydrogen (secondary N) is 1. The van der Waals surface area contributed by atoms with E-state index >= 15 is 0 Å². The van der Waals surface area contributed by atoms with Gasteiger partial charge in [-0.25, -0.2) is 0 Å². The zero-order chi connectivity index (χ0) is 18.8. The number of aryl methyl sites for hydroxylation is 1. The van der Waals surface area contributed by atoms with E-state index in [2.05, 4.69) is 21.6 Å². The van der Waals surface area contributed by atoms with Gasteiger partial charge in [-0.15, -0.1) is 10.2 Å². The van der Waals surface area contributed by atoms with Crippen molar-refractivity contribution in [1.29, 1.82) is 0 Å². The third-order valence-corrected chi connectivity index (χ3v) is 6.33. The molecule has 2 aromatic carbocycles. The topological polar surface area (TPSA) is 59.8 Å². The summed E-state index contributed by atoms with van der Waals surface area (Å²) in [5.74, 6) is -0.101. The van der Waals surface area contributed by atoms with E-state index in [0.29, 0.717) is 10.7 Å². The third-order valence-electron chi connectivity index (χ3n) is 4.05. The molecule has 1 N–H and O–H groups in total. The van der Waals surface area contributed by atoms with Gasteiger partial charge in [0.15, 0.2) is 4.34 Å². The first-order chi connectivity index (χ1) is 13.1. The maximum absolute atomic E-state index is 12.5. The van der Waals surface area contributed by atoms with Gasteiger partial charge in [0.25, 0.3) is 0 Å². The predicted molar refractivity (Wildman–Crippen MR) is 111 cm³/mol. The highest BCUT2D eigenvalue weighted by atomic mass is 35.5. The van der Waals surface area contributed by atoms with Gasteiger partial charge in [-0.1, -0.05) is 52.9 Å². The number of amides is 1. The minimum absolute atomic E-state index is 0.101. The predicted octanol–water partition coefficient (Wildman–Crippen LogP) is 5.24. The number of aromatic nitrogens is 3. The van der Waals surface area contributed by atoms with Crippen LogP contribution in [0.2, 0.25) is 5.02 Å². The van der Waals surface area contributed by atoms with Gasteiger partial charge < -0.3 is 9.88 Å². The van der Waals surface area contributed by atoms with E-state index in [4.69, 9.17) is 11.6 Å². The molecule has 0 bridgehead atoms. The summed E-state index contributed by atoms with van der Waals surface area (Å²) >= 11 is 9.26. The molecular weight excluding hydrogens is 400 g/mol. The molecule has 0 saturated carbocycles. The Morgan fingerprint density at radius 3 is 2.93 bits per heavy atom. The van der Waals surface area contributed by atoms with E-state index in [9.17, 15) is 4.79 Å². The lowest BCUT2D eigenvalue weighted by atomic mass is 10.2. The molecule has 0 spiro atoms. The summed E-state index contributed by atoms with van der Waals surface area (Å²) in [6.07, 6.45) is 2.00. The fraction of sp³-hybridized carbons (Fsp3) is 0.105. The second kappa shape index (κ2) is 7.72. The Morgan fingerprint density at radius 2 is 2.15 bits per heavy atom. The van der Waals surface area contributed by atoms with Crippen molar-refractivity contribution in [2.75, 3.05) is 5.32 Å². The summed E-state index contributed by atoms with van der Waals surface area (Å²) in [6.45, 7) is 2.29. The molecule has 4 aromatic rings. The number of hydrogen-bond acceptors (Lipinski definition) is 5. The molecule has 0 saturated heterocycles. The zero-order valence-corrected chi connectivity index (χ0v) is 16.7. The molecule has 4 rings (SSSR count). The molecule has 0 unspecified atom stereocenters. The molecule has 0 fully saturated rings. The number of rotatable bonds is 5. The highest BCUT2D eigenvalue weighted by Gasteiger charge is 2.11. The van der Waals surface area contributed by atoms with Gasteiger partial charge in [-0.3, -0.25) is 4.79 Å². The number of fused-ring (bicyclic) bond motifs is 1. The minimum atomic E-state index is -0.101. The Morgan fingerprint density at radius 1 is 1.30 bits per heavy atom. The monoisotopic (exact) mass is 414 g/mol. The summed E-state index contributed by atoms with van der Waals surface area (Å²) in [4.78, 5) is 13.4. The molecule has 0 aliphatic heterocycles. The van der Waals surface area contributed by atoms with Crippen LogP contribution >= 0.6 is 34.7 Å². The van der Waals surface area contributed by atoms with Crippen LogP contribution < -0.4 is 5.32 Å². The number of carbonyl (C=O) groups is 1. The van der Waals surface area contributed by atoms with Gasteiger partial charge in [0.2, 0.25) is 5.91 Å². The number of carbonyl (C=O) groups excluding carboxylic acids is 1. The highest BCUT2D eigenvalue weighted by molar-refractivity contribution is 8.01. The van der Waals surface area contributed by atoms with Crippen molar-refractivity contribution in [1.82, 2.24) is 14.8 Å². The Kier molecular flexibility index (Phi) is 5.15. The summed E-state index contributed by atoms with van der Waals surface area (Å²) in [5.41, 5.74) is 4.54. The van der Waals surface area contributed by atoms with Crippen LogP contribution in [0, 0.1) is 6.92 Å². The molecule has 1 amide bonds. The lowest BCUT2D eigenvalue weighted by Gasteiger charge is -2.09. The van der Waals surface area contributed by atoms with Crippen LogP contribution in [0.3, 0.4) is 0 Å². The fourth-order valence-electron chi connectivity index (χ4n) is 2.88. The van der Waals surface area contributed by atoms with E-state index < -0.39 is 0 Å². The Hall–Kier alpha value is -2.35. The van der Waals surface area contributed by atoms with E-state index in [-0.39, 0.29) is 12.5 Å². The molecule has 5 nitrogen and oxygen atoms in total. The van der Waals surface area contributed by atoms with E-state index in [1.807, 2.05) is 48.0 Å². The summed E-state index contributed by atoms with van der Waals surface area (Å²) in [6, 6.07) is 13.5. The lowest BCUT2D eigenvalue weighted by molar-refractivity contribution is -0.116. The van der Waals surface area contributed by atoms with Gasteiger partial charge >= 0.3 is 0 Å². The standard InChI is InChI=1S/C19H15ClN4OS2/c1-12-9-24(16-5-3-2-4-14(12)16)10-18(25)22-13-6-7-17(15(20)8-13)27-19-23-21-11-26-19/h2-9,11H,10H2,1H3,(H,22,25). The van der Waals surface area contributed by atoms with Crippen molar-refractivity contribution in [2.24, 2.45) is 0 Å². The van der Waals surface area contributed by atoms with Crippen LogP contribution in [0.4, 0.5) is 5.69 Å². The molecule has 8 heteroatoms. The quantitative estimate of drug-likeness (QED) is 0.484. The minimum Gasteiger partial charge on any atom is -0.338 e. The van der Waals surface area contributed by atoms with Gasteiger partial charge in [0.05, 0.1) is 5.02 Å². The van der Waals surface area contributed by atoms with E-state index in [1.54, 1.807) is 11.6 Å². The number of anilines is 1. The van der Waals surface area contributed by atoms with Crippen molar-refractivity contribution in [2.45, 2.75) is 22.7 Å². The molecule has 2 heterocycles. The first-order valence-electron chi connectivity index (χ1n) is 8.18. The van der Waals surface area contributed by atoms with Crippen molar-refractivity contribution in [3.63, 3.8) is 0 Å². The van der Waals surface area contributed by atoms with Crippen molar-refractivity contribution < 1.29 is 4.79 Å². The Bertz CT molecular complexity index is 1110. The second-order valence-corrected chi connectivity index (χ2v) is 8.49. The summed E-state index contributed by atoms with van der Waals surface area (Å²) in [7, 11) is 0. The number of benzene rings is 2. The Labute approximate surface area is 169 Å². The van der Waals surface area contributed by atoms with Gasteiger partial charge in [-0.2, -0.15) is 0 Å². The SMILES string of the molecule is Cc1cn(CC(=O)Nc2ccc(Sc3nncs3)c(Cl)c2)c2ccccc12. The zero-order valence-electron chi connectivity index (χ0n) is 14.3. The van der Waals surface area contributed by atoms with Crippen LogP contribution in [-0.4, -0.2) is 20.7 Å². The Balaban J connectivity index is 1.47.